The van der Waals surface area contributed by atoms with E-state index in [9.17, 15) is 24.3 Å². The van der Waals surface area contributed by atoms with Gasteiger partial charge >= 0.3 is 12.1 Å². The minimum Gasteiger partial charge on any atom is -0.481 e. The minimum atomic E-state index is -1.23. The zero-order valence-electron chi connectivity index (χ0n) is 19.2. The molecule has 1 aliphatic heterocycles. The molecule has 1 aliphatic carbocycles. The van der Waals surface area contributed by atoms with E-state index < -0.39 is 35.3 Å². The Morgan fingerprint density at radius 1 is 0.971 bits per heavy atom. The number of hydrogen-bond acceptors (Lipinski definition) is 6. The first-order valence-corrected chi connectivity index (χ1v) is 11.3. The Balaban J connectivity index is 1.20. The van der Waals surface area contributed by atoms with E-state index in [1.165, 1.54) is 6.92 Å². The van der Waals surface area contributed by atoms with Crippen LogP contribution in [-0.4, -0.2) is 67.9 Å². The smallest absolute Gasteiger partial charge is 0.407 e. The molecule has 2 aromatic rings. The molecule has 0 aromatic heterocycles. The lowest BCUT2D eigenvalue weighted by Crippen LogP contribution is -2.52. The van der Waals surface area contributed by atoms with E-state index in [4.69, 9.17) is 9.47 Å². The Morgan fingerprint density at radius 2 is 1.57 bits per heavy atom. The number of carboxylic acids is 1. The second-order valence-corrected chi connectivity index (χ2v) is 8.81. The fraction of sp³-hybridized carbons (Fsp3) is 0.360. The first-order valence-electron chi connectivity index (χ1n) is 11.3. The monoisotopic (exact) mass is 481 g/mol. The van der Waals surface area contributed by atoms with E-state index in [-0.39, 0.29) is 38.8 Å². The molecule has 4 rings (SSSR count). The van der Waals surface area contributed by atoms with Crippen LogP contribution in [0.5, 0.6) is 0 Å². The van der Waals surface area contributed by atoms with Crippen LogP contribution in [0.3, 0.4) is 0 Å². The van der Waals surface area contributed by atoms with Crippen LogP contribution >= 0.6 is 0 Å². The standard InChI is InChI=1S/C25H27N3O7/c1-25(23(31)32)14-34-13-20(25)28-22(30)11-26-21(29)10-27-24(33)35-12-19-17-8-4-2-6-15(17)16-7-3-5-9-18(16)19/h2-9,19-20H,10-14H2,1H3,(H,26,29)(H,27,33)(H,28,30)(H,31,32). The molecule has 1 saturated heterocycles. The molecular formula is C25H27N3O7. The SMILES string of the molecule is CC1(C(=O)O)COCC1NC(=O)CNC(=O)CNC(=O)OCC1c2ccccc2-c2ccccc21. The van der Waals surface area contributed by atoms with E-state index in [0.29, 0.717) is 0 Å². The zero-order chi connectivity index (χ0) is 25.0. The van der Waals surface area contributed by atoms with Crippen molar-refractivity contribution in [3.05, 3.63) is 59.7 Å². The van der Waals surface area contributed by atoms with Gasteiger partial charge in [0.05, 0.1) is 25.8 Å². The van der Waals surface area contributed by atoms with Gasteiger partial charge in [-0.25, -0.2) is 4.79 Å². The number of amides is 3. The predicted molar refractivity (Wildman–Crippen MR) is 125 cm³/mol. The van der Waals surface area contributed by atoms with Crippen molar-refractivity contribution in [3.8, 4) is 11.1 Å². The normalized spacial score (nSPS) is 20.4. The number of carboxylic acid groups (broad SMARTS) is 1. The molecule has 2 atom stereocenters. The van der Waals surface area contributed by atoms with Crippen molar-refractivity contribution in [2.75, 3.05) is 32.9 Å². The van der Waals surface area contributed by atoms with Gasteiger partial charge in [-0.2, -0.15) is 0 Å². The zero-order valence-corrected chi connectivity index (χ0v) is 19.2. The number of ether oxygens (including phenoxy) is 2. The van der Waals surface area contributed by atoms with Crippen molar-refractivity contribution >= 4 is 23.9 Å². The number of carbonyl (C=O) groups is 4. The van der Waals surface area contributed by atoms with E-state index in [0.717, 1.165) is 22.3 Å². The van der Waals surface area contributed by atoms with Crippen molar-refractivity contribution in [1.82, 2.24) is 16.0 Å². The summed E-state index contributed by atoms with van der Waals surface area (Å²) in [6.07, 6.45) is -0.744. The largest absolute Gasteiger partial charge is 0.481 e. The van der Waals surface area contributed by atoms with Gasteiger partial charge in [0.1, 0.15) is 18.6 Å². The third-order valence-corrected chi connectivity index (χ3v) is 6.46. The first kappa shape index (κ1) is 24.2. The molecule has 35 heavy (non-hydrogen) atoms. The van der Waals surface area contributed by atoms with E-state index >= 15 is 0 Å². The molecule has 0 spiro atoms. The Bertz CT molecular complexity index is 1110. The highest BCUT2D eigenvalue weighted by Crippen LogP contribution is 2.44. The molecular weight excluding hydrogens is 454 g/mol. The summed E-state index contributed by atoms with van der Waals surface area (Å²) in [6.45, 7) is 0.941. The third-order valence-electron chi connectivity index (χ3n) is 6.46. The van der Waals surface area contributed by atoms with Crippen molar-refractivity contribution in [2.45, 2.75) is 18.9 Å². The first-order chi connectivity index (χ1) is 16.8. The quantitative estimate of drug-likeness (QED) is 0.444. The van der Waals surface area contributed by atoms with Gasteiger partial charge in [0.2, 0.25) is 11.8 Å². The van der Waals surface area contributed by atoms with Crippen LogP contribution in [0.15, 0.2) is 48.5 Å². The fourth-order valence-corrected chi connectivity index (χ4v) is 4.37. The van der Waals surface area contributed by atoms with Gasteiger partial charge in [0, 0.05) is 5.92 Å². The number of hydrogen-bond donors (Lipinski definition) is 4. The highest BCUT2D eigenvalue weighted by molar-refractivity contribution is 5.88. The molecule has 4 N–H and O–H groups in total. The Morgan fingerprint density at radius 3 is 2.20 bits per heavy atom. The number of fused-ring (bicyclic) bond motifs is 3. The second-order valence-electron chi connectivity index (χ2n) is 8.81. The summed E-state index contributed by atoms with van der Waals surface area (Å²) >= 11 is 0. The van der Waals surface area contributed by atoms with Gasteiger partial charge in [0.25, 0.3) is 0 Å². The average Bonchev–Trinajstić information content (AvgIpc) is 3.38. The summed E-state index contributed by atoms with van der Waals surface area (Å²) in [5.74, 6) is -2.31. The number of aliphatic carboxylic acids is 1. The van der Waals surface area contributed by atoms with Crippen LogP contribution in [0.2, 0.25) is 0 Å². The fourth-order valence-electron chi connectivity index (χ4n) is 4.37. The highest BCUT2D eigenvalue weighted by atomic mass is 16.5. The lowest BCUT2D eigenvalue weighted by molar-refractivity contribution is -0.149. The molecule has 1 heterocycles. The number of nitrogens with one attached hydrogen (secondary N) is 3. The molecule has 10 heteroatoms. The Kier molecular flexibility index (Phi) is 7.02. The number of benzene rings is 2. The van der Waals surface area contributed by atoms with Crippen LogP contribution in [0, 0.1) is 5.41 Å². The average molecular weight is 482 g/mol. The maximum absolute atomic E-state index is 12.2. The second kappa shape index (κ2) is 10.1. The number of carbonyl (C=O) groups excluding carboxylic acids is 3. The van der Waals surface area contributed by atoms with Gasteiger partial charge in [-0.15, -0.1) is 0 Å². The van der Waals surface area contributed by atoms with E-state index in [1.807, 2.05) is 48.5 Å². The van der Waals surface area contributed by atoms with Crippen LogP contribution < -0.4 is 16.0 Å². The third kappa shape index (κ3) is 5.12. The topological polar surface area (TPSA) is 143 Å². The van der Waals surface area contributed by atoms with E-state index in [1.54, 1.807) is 0 Å². The molecule has 2 aliphatic rings. The predicted octanol–water partition coefficient (Wildman–Crippen LogP) is 1.25. The summed E-state index contributed by atoms with van der Waals surface area (Å²) in [6, 6.07) is 15.2. The van der Waals surface area contributed by atoms with E-state index in [2.05, 4.69) is 16.0 Å². The van der Waals surface area contributed by atoms with Crippen molar-refractivity contribution in [2.24, 2.45) is 5.41 Å². The van der Waals surface area contributed by atoms with Crippen molar-refractivity contribution in [3.63, 3.8) is 0 Å². The summed E-state index contributed by atoms with van der Waals surface area (Å²) in [7, 11) is 0. The molecule has 2 aromatic carbocycles. The molecule has 10 nitrogen and oxygen atoms in total. The van der Waals surface area contributed by atoms with Crippen LogP contribution in [0.1, 0.15) is 24.0 Å². The molecule has 3 amide bonds. The van der Waals surface area contributed by atoms with Gasteiger partial charge in [0.15, 0.2) is 0 Å². The molecule has 1 fully saturated rings. The van der Waals surface area contributed by atoms with Crippen LogP contribution in [0.4, 0.5) is 4.79 Å². The summed E-state index contributed by atoms with van der Waals surface area (Å²) in [5, 5.41) is 16.7. The van der Waals surface area contributed by atoms with Crippen LogP contribution in [-0.2, 0) is 23.9 Å². The molecule has 2 unspecified atom stereocenters. The minimum absolute atomic E-state index is 0.0102. The van der Waals surface area contributed by atoms with Gasteiger partial charge in [-0.1, -0.05) is 48.5 Å². The molecule has 0 bridgehead atoms. The summed E-state index contributed by atoms with van der Waals surface area (Å²) in [4.78, 5) is 47.8. The summed E-state index contributed by atoms with van der Waals surface area (Å²) in [5.41, 5.74) is 3.16. The van der Waals surface area contributed by atoms with Gasteiger partial charge < -0.3 is 30.5 Å². The molecule has 0 saturated carbocycles. The van der Waals surface area contributed by atoms with Gasteiger partial charge in [-0.3, -0.25) is 14.4 Å². The van der Waals surface area contributed by atoms with Gasteiger partial charge in [-0.05, 0) is 29.2 Å². The Labute approximate surface area is 202 Å². The molecule has 0 radical (unpaired) electrons. The van der Waals surface area contributed by atoms with Crippen molar-refractivity contribution < 1.29 is 33.8 Å². The number of rotatable bonds is 8. The maximum Gasteiger partial charge on any atom is 0.407 e. The Hall–Kier alpha value is -3.92. The van der Waals surface area contributed by atoms with Crippen molar-refractivity contribution in [1.29, 1.82) is 0 Å². The maximum atomic E-state index is 12.2. The lowest BCUT2D eigenvalue weighted by Gasteiger charge is -2.25. The lowest BCUT2D eigenvalue weighted by atomic mass is 9.85. The molecule has 184 valence electrons. The van der Waals surface area contributed by atoms with Crippen LogP contribution in [0.25, 0.3) is 11.1 Å². The summed E-state index contributed by atoms with van der Waals surface area (Å²) < 4.78 is 10.6. The number of alkyl carbamates (subject to hydrolysis) is 1. The highest BCUT2D eigenvalue weighted by Gasteiger charge is 2.47.